The van der Waals surface area contributed by atoms with E-state index in [1.807, 2.05) is 13.8 Å². The van der Waals surface area contributed by atoms with E-state index < -0.39 is 5.97 Å². The van der Waals surface area contributed by atoms with Gasteiger partial charge in [-0.2, -0.15) is 0 Å². The van der Waals surface area contributed by atoms with Crippen molar-refractivity contribution < 1.29 is 9.53 Å². The topological polar surface area (TPSA) is 39.2 Å². The quantitative estimate of drug-likeness (QED) is 0.585. The van der Waals surface area contributed by atoms with Gasteiger partial charge in [0, 0.05) is 0 Å². The number of halogens is 2. The number of aromatic nitrogens is 1. The fourth-order valence-electron chi connectivity index (χ4n) is 0.658. The van der Waals surface area contributed by atoms with Crippen molar-refractivity contribution in [2.24, 2.45) is 0 Å². The lowest BCUT2D eigenvalue weighted by Crippen LogP contribution is -2.05. The van der Waals surface area contributed by atoms with Crippen LogP contribution in [0, 0.1) is 0 Å². The summed E-state index contributed by atoms with van der Waals surface area (Å²) < 4.78 is 5.05. The van der Waals surface area contributed by atoms with Gasteiger partial charge in [0.2, 0.25) is 0 Å². The molecular formula is C9H11BrClNO2. The number of ether oxygens (including phenoxy) is 1. The molecule has 78 valence electrons. The number of methoxy groups -OCH3 is 1. The van der Waals surface area contributed by atoms with E-state index in [1.54, 1.807) is 12.1 Å². The van der Waals surface area contributed by atoms with E-state index in [4.69, 9.17) is 11.6 Å². The number of carbonyl (C=O) groups excluding carboxylic acids is 1. The molecule has 0 unspecified atom stereocenters. The van der Waals surface area contributed by atoms with Crippen molar-refractivity contribution in [2.75, 3.05) is 7.11 Å². The van der Waals surface area contributed by atoms with E-state index in [2.05, 4.69) is 25.7 Å². The molecule has 0 N–H and O–H groups in total. The summed E-state index contributed by atoms with van der Waals surface area (Å²) in [7, 11) is 1.29. The number of rotatable bonds is 1. The van der Waals surface area contributed by atoms with E-state index in [9.17, 15) is 4.79 Å². The van der Waals surface area contributed by atoms with Crippen molar-refractivity contribution in [1.82, 2.24) is 4.98 Å². The van der Waals surface area contributed by atoms with Crippen molar-refractivity contribution in [3.05, 3.63) is 27.5 Å². The molecule has 3 nitrogen and oxygen atoms in total. The molecule has 5 heteroatoms. The molecule has 0 saturated carbocycles. The molecule has 0 saturated heterocycles. The van der Waals surface area contributed by atoms with Gasteiger partial charge < -0.3 is 4.74 Å². The zero-order chi connectivity index (χ0) is 11.1. The first-order valence-electron chi connectivity index (χ1n) is 4.05. The molecule has 0 aliphatic carbocycles. The summed E-state index contributed by atoms with van der Waals surface area (Å²) in [5.41, 5.74) is 0.185. The molecule has 0 amide bonds. The van der Waals surface area contributed by atoms with Gasteiger partial charge in [0.05, 0.1) is 11.6 Å². The second-order valence-electron chi connectivity index (χ2n) is 1.96. The third kappa shape index (κ3) is 3.64. The van der Waals surface area contributed by atoms with E-state index in [1.165, 1.54) is 7.11 Å². The van der Waals surface area contributed by atoms with Crippen molar-refractivity contribution in [2.45, 2.75) is 13.8 Å². The van der Waals surface area contributed by atoms with Crippen LogP contribution in [0.15, 0.2) is 16.6 Å². The highest BCUT2D eigenvalue weighted by molar-refractivity contribution is 9.10. The molecule has 1 aromatic heterocycles. The maximum atomic E-state index is 11.0. The number of hydrogen-bond acceptors (Lipinski definition) is 3. The van der Waals surface area contributed by atoms with Gasteiger partial charge in [-0.15, -0.1) is 0 Å². The molecule has 14 heavy (non-hydrogen) atoms. The monoisotopic (exact) mass is 279 g/mol. The van der Waals surface area contributed by atoms with E-state index in [0.29, 0.717) is 4.47 Å². The highest BCUT2D eigenvalue weighted by Gasteiger charge is 2.11. The standard InChI is InChI=1S/C7H5BrClNO2.C2H6/c1-12-7(11)6-4(8)2-3-5(9)10-6;1-2/h2-3H,1H3;1-2H3. The highest BCUT2D eigenvalue weighted by atomic mass is 79.9. The van der Waals surface area contributed by atoms with Crippen LogP contribution in [0.2, 0.25) is 5.15 Å². The largest absolute Gasteiger partial charge is 0.464 e. The summed E-state index contributed by atoms with van der Waals surface area (Å²) in [5, 5.41) is 0.263. The Hall–Kier alpha value is -0.610. The van der Waals surface area contributed by atoms with E-state index >= 15 is 0 Å². The number of nitrogens with zero attached hydrogens (tertiary/aromatic N) is 1. The third-order valence-corrected chi connectivity index (χ3v) is 2.04. The Labute approximate surface area is 96.6 Å². The van der Waals surface area contributed by atoms with Gasteiger partial charge in [0.15, 0.2) is 5.69 Å². The van der Waals surface area contributed by atoms with Crippen molar-refractivity contribution in [3.8, 4) is 0 Å². The molecule has 0 bridgehead atoms. The zero-order valence-corrected chi connectivity index (χ0v) is 10.5. The highest BCUT2D eigenvalue weighted by Crippen LogP contribution is 2.17. The lowest BCUT2D eigenvalue weighted by atomic mass is 10.3. The molecule has 0 fully saturated rings. The molecular weight excluding hydrogens is 269 g/mol. The predicted octanol–water partition coefficient (Wildman–Crippen LogP) is 3.31. The van der Waals surface area contributed by atoms with Crippen molar-refractivity contribution in [3.63, 3.8) is 0 Å². The maximum Gasteiger partial charge on any atom is 0.357 e. The van der Waals surface area contributed by atoms with Crippen LogP contribution >= 0.6 is 27.5 Å². The Morgan fingerprint density at radius 2 is 2.07 bits per heavy atom. The van der Waals surface area contributed by atoms with Gasteiger partial charge in [-0.1, -0.05) is 25.4 Å². The van der Waals surface area contributed by atoms with Gasteiger partial charge in [-0.3, -0.25) is 0 Å². The van der Waals surface area contributed by atoms with Crippen molar-refractivity contribution in [1.29, 1.82) is 0 Å². The molecule has 1 aromatic rings. The fourth-order valence-corrected chi connectivity index (χ4v) is 1.19. The normalized spacial score (nSPS) is 8.64. The third-order valence-electron chi connectivity index (χ3n) is 1.19. The molecule has 0 aromatic carbocycles. The fraction of sp³-hybridized carbons (Fsp3) is 0.333. The molecule has 0 atom stereocenters. The van der Waals surface area contributed by atoms with Crippen LogP contribution in [0.4, 0.5) is 0 Å². The maximum absolute atomic E-state index is 11.0. The van der Waals surface area contributed by atoms with Crippen LogP contribution in [0.1, 0.15) is 24.3 Å². The van der Waals surface area contributed by atoms with Crippen LogP contribution in [-0.2, 0) is 4.74 Å². The Balaban J connectivity index is 0.000000791. The number of esters is 1. The minimum atomic E-state index is -0.510. The first-order chi connectivity index (χ1) is 6.65. The Morgan fingerprint density at radius 1 is 1.50 bits per heavy atom. The van der Waals surface area contributed by atoms with Crippen LogP contribution < -0.4 is 0 Å². The summed E-state index contributed by atoms with van der Waals surface area (Å²) >= 11 is 8.73. The minimum absolute atomic E-state index is 0.185. The summed E-state index contributed by atoms with van der Waals surface area (Å²) in [6.07, 6.45) is 0. The second-order valence-corrected chi connectivity index (χ2v) is 3.20. The first kappa shape index (κ1) is 13.4. The van der Waals surface area contributed by atoms with E-state index in [0.717, 1.165) is 0 Å². The predicted molar refractivity (Wildman–Crippen MR) is 59.6 cm³/mol. The SMILES string of the molecule is CC.COC(=O)c1nc(Cl)ccc1Br. The Bertz CT molecular complexity index is 318. The number of pyridine rings is 1. The van der Waals surface area contributed by atoms with Crippen LogP contribution in [0.3, 0.4) is 0 Å². The molecule has 0 aliphatic rings. The zero-order valence-electron chi connectivity index (χ0n) is 8.17. The summed E-state index contributed by atoms with van der Waals surface area (Å²) in [4.78, 5) is 14.8. The number of carbonyl (C=O) groups is 1. The lowest BCUT2D eigenvalue weighted by molar-refractivity contribution is 0.0593. The molecule has 1 heterocycles. The van der Waals surface area contributed by atoms with Crippen LogP contribution in [-0.4, -0.2) is 18.1 Å². The van der Waals surface area contributed by atoms with Gasteiger partial charge in [0.25, 0.3) is 0 Å². The average Bonchev–Trinajstić information content (AvgIpc) is 2.23. The van der Waals surface area contributed by atoms with E-state index in [-0.39, 0.29) is 10.8 Å². The lowest BCUT2D eigenvalue weighted by Gasteiger charge is -2.00. The molecule has 0 aliphatic heterocycles. The Kier molecular flexibility index (Phi) is 6.49. The van der Waals surface area contributed by atoms with Crippen LogP contribution in [0.25, 0.3) is 0 Å². The second kappa shape index (κ2) is 6.79. The first-order valence-corrected chi connectivity index (χ1v) is 5.22. The number of hydrogen-bond donors (Lipinski definition) is 0. The van der Waals surface area contributed by atoms with Gasteiger partial charge in [-0.25, -0.2) is 9.78 Å². The summed E-state index contributed by atoms with van der Waals surface area (Å²) in [5.74, 6) is -0.510. The average molecular weight is 281 g/mol. The smallest absolute Gasteiger partial charge is 0.357 e. The molecule has 0 spiro atoms. The van der Waals surface area contributed by atoms with Crippen LogP contribution in [0.5, 0.6) is 0 Å². The summed E-state index contributed by atoms with van der Waals surface area (Å²) in [6.45, 7) is 4.00. The minimum Gasteiger partial charge on any atom is -0.464 e. The van der Waals surface area contributed by atoms with Gasteiger partial charge in [-0.05, 0) is 28.1 Å². The molecule has 0 radical (unpaired) electrons. The summed E-state index contributed by atoms with van der Waals surface area (Å²) in [6, 6.07) is 3.22. The van der Waals surface area contributed by atoms with Crippen molar-refractivity contribution >= 4 is 33.5 Å². The Morgan fingerprint density at radius 3 is 2.57 bits per heavy atom. The molecule has 1 rings (SSSR count). The van der Waals surface area contributed by atoms with Gasteiger partial charge >= 0.3 is 5.97 Å². The van der Waals surface area contributed by atoms with Gasteiger partial charge in [0.1, 0.15) is 5.15 Å².